The van der Waals surface area contributed by atoms with Gasteiger partial charge in [0.05, 0.1) is 18.6 Å². The zero-order valence-electron chi connectivity index (χ0n) is 19.2. The van der Waals surface area contributed by atoms with E-state index in [1.807, 2.05) is 35.2 Å². The third-order valence-corrected chi connectivity index (χ3v) is 7.00. The minimum Gasteiger partial charge on any atom is -0.481 e. The minimum atomic E-state index is -0.723. The number of nitrogens with zero attached hydrogens (tertiary/aromatic N) is 1. The fourth-order valence-electron chi connectivity index (χ4n) is 5.27. The molecule has 0 radical (unpaired) electrons. The Morgan fingerprint density at radius 3 is 2.69 bits per heavy atom. The van der Waals surface area contributed by atoms with Gasteiger partial charge in [-0.1, -0.05) is 36.8 Å². The van der Waals surface area contributed by atoms with Gasteiger partial charge in [0.15, 0.2) is 0 Å². The lowest BCUT2D eigenvalue weighted by Gasteiger charge is -2.36. The summed E-state index contributed by atoms with van der Waals surface area (Å²) in [6, 6.07) is 8.87. The van der Waals surface area contributed by atoms with Crippen molar-refractivity contribution >= 4 is 17.8 Å². The van der Waals surface area contributed by atoms with Crippen LogP contribution in [0.2, 0.25) is 0 Å². The van der Waals surface area contributed by atoms with E-state index in [4.69, 9.17) is 4.74 Å². The van der Waals surface area contributed by atoms with Gasteiger partial charge in [-0.25, -0.2) is 0 Å². The van der Waals surface area contributed by atoms with Gasteiger partial charge in [0.25, 0.3) is 0 Å². The van der Waals surface area contributed by atoms with Gasteiger partial charge in [0.2, 0.25) is 5.91 Å². The number of carbonyl (C=O) groups excluding carboxylic acids is 2. The molecule has 0 aromatic heterocycles. The molecule has 1 aliphatic carbocycles. The van der Waals surface area contributed by atoms with Crippen LogP contribution in [0, 0.1) is 11.3 Å². The second kappa shape index (κ2) is 10.9. The van der Waals surface area contributed by atoms with Crippen LogP contribution in [0.1, 0.15) is 57.9 Å². The first kappa shape index (κ1) is 24.2. The summed E-state index contributed by atoms with van der Waals surface area (Å²) in [5.41, 5.74) is 1.05. The quantitative estimate of drug-likeness (QED) is 0.569. The molecule has 1 saturated heterocycles. The van der Waals surface area contributed by atoms with Crippen LogP contribution in [0.3, 0.4) is 0 Å². The Morgan fingerprint density at radius 1 is 1.25 bits per heavy atom. The number of ether oxygens (including phenoxy) is 1. The third kappa shape index (κ3) is 6.09. The maximum absolute atomic E-state index is 13.2. The second-order valence-corrected chi connectivity index (χ2v) is 9.36. The molecule has 3 rings (SSSR count). The molecule has 32 heavy (non-hydrogen) atoms. The molecule has 7 nitrogen and oxygen atoms in total. The molecule has 1 saturated carbocycles. The number of hydrogen-bond donors (Lipinski definition) is 2. The standard InChI is InChI=1S/C25H36N2O5/c1-3-32-24(31)21(12-11-19-8-5-4-6-9-19)26-18(2)22(28)27-15-14-25(17-27)13-7-10-20(16-25)23(29)30/h4-6,8-9,18,20-21,26H,3,7,10-17H2,1-2H3,(H,29,30)/t18?,20-,21-,25?/m0/s1. The van der Waals surface area contributed by atoms with E-state index in [9.17, 15) is 19.5 Å². The van der Waals surface area contributed by atoms with Gasteiger partial charge in [-0.15, -0.1) is 0 Å². The molecule has 2 N–H and O–H groups in total. The number of aryl methyl sites for hydroxylation is 1. The Hall–Kier alpha value is -2.41. The van der Waals surface area contributed by atoms with Crippen molar-refractivity contribution < 1.29 is 24.2 Å². The van der Waals surface area contributed by atoms with Gasteiger partial charge in [-0.3, -0.25) is 19.7 Å². The normalized spacial score (nSPS) is 24.8. The van der Waals surface area contributed by atoms with Gasteiger partial charge in [0.1, 0.15) is 6.04 Å². The van der Waals surface area contributed by atoms with Crippen molar-refractivity contribution in [2.45, 2.75) is 70.9 Å². The predicted molar refractivity (Wildman–Crippen MR) is 121 cm³/mol. The van der Waals surface area contributed by atoms with E-state index in [-0.39, 0.29) is 23.2 Å². The van der Waals surface area contributed by atoms with E-state index >= 15 is 0 Å². The van der Waals surface area contributed by atoms with Crippen molar-refractivity contribution in [3.8, 4) is 0 Å². The number of rotatable bonds is 9. The number of carboxylic acid groups (broad SMARTS) is 1. The molecule has 1 aromatic rings. The van der Waals surface area contributed by atoms with Crippen molar-refractivity contribution in [1.82, 2.24) is 10.2 Å². The Morgan fingerprint density at radius 2 is 2.00 bits per heavy atom. The highest BCUT2D eigenvalue weighted by molar-refractivity contribution is 5.83. The summed E-state index contributed by atoms with van der Waals surface area (Å²) in [5.74, 6) is -1.40. The first-order chi connectivity index (χ1) is 15.3. The summed E-state index contributed by atoms with van der Waals surface area (Å²) >= 11 is 0. The fraction of sp³-hybridized carbons (Fsp3) is 0.640. The van der Waals surface area contributed by atoms with Crippen LogP contribution in [-0.2, 0) is 25.5 Å². The Bertz CT molecular complexity index is 799. The van der Waals surface area contributed by atoms with Gasteiger partial charge >= 0.3 is 11.9 Å². The average molecular weight is 445 g/mol. The van der Waals surface area contributed by atoms with Crippen LogP contribution in [0.25, 0.3) is 0 Å². The Kier molecular flexibility index (Phi) is 8.29. The van der Waals surface area contributed by atoms with E-state index in [0.717, 1.165) is 31.2 Å². The van der Waals surface area contributed by atoms with Gasteiger partial charge < -0.3 is 14.7 Å². The van der Waals surface area contributed by atoms with Crippen molar-refractivity contribution in [2.75, 3.05) is 19.7 Å². The number of hydrogen-bond acceptors (Lipinski definition) is 5. The molecule has 1 spiro atoms. The smallest absolute Gasteiger partial charge is 0.323 e. The van der Waals surface area contributed by atoms with Crippen molar-refractivity contribution in [3.05, 3.63) is 35.9 Å². The van der Waals surface area contributed by atoms with Crippen LogP contribution in [-0.4, -0.2) is 59.6 Å². The molecular formula is C25H36N2O5. The SMILES string of the molecule is CCOC(=O)[C@H](CCc1ccccc1)NC(C)C(=O)N1CCC2(CCC[C@H](C(=O)O)C2)C1. The van der Waals surface area contributed by atoms with Gasteiger partial charge in [-0.2, -0.15) is 0 Å². The lowest BCUT2D eigenvalue weighted by Crippen LogP contribution is -2.51. The largest absolute Gasteiger partial charge is 0.481 e. The lowest BCUT2D eigenvalue weighted by atomic mass is 9.69. The number of nitrogens with one attached hydrogen (secondary N) is 1. The fourth-order valence-corrected chi connectivity index (χ4v) is 5.27. The van der Waals surface area contributed by atoms with E-state index < -0.39 is 18.1 Å². The van der Waals surface area contributed by atoms with Gasteiger partial charge in [0, 0.05) is 13.1 Å². The van der Waals surface area contributed by atoms with E-state index in [2.05, 4.69) is 5.32 Å². The Labute approximate surface area is 190 Å². The minimum absolute atomic E-state index is 0.0340. The zero-order chi connectivity index (χ0) is 23.1. The molecule has 4 atom stereocenters. The predicted octanol–water partition coefficient (Wildman–Crippen LogP) is 3.02. The summed E-state index contributed by atoms with van der Waals surface area (Å²) in [6.45, 7) is 5.12. The lowest BCUT2D eigenvalue weighted by molar-refractivity contribution is -0.146. The van der Waals surface area contributed by atoms with Crippen LogP contribution < -0.4 is 5.32 Å². The summed E-state index contributed by atoms with van der Waals surface area (Å²) in [4.78, 5) is 39.0. The van der Waals surface area contributed by atoms with Crippen LogP contribution in [0.5, 0.6) is 0 Å². The summed E-state index contributed by atoms with van der Waals surface area (Å²) in [5, 5.41) is 12.6. The molecule has 1 heterocycles. The number of benzene rings is 1. The molecular weight excluding hydrogens is 408 g/mol. The summed E-state index contributed by atoms with van der Waals surface area (Å²) in [6.07, 6.45) is 5.36. The number of esters is 1. The molecule has 2 aliphatic rings. The van der Waals surface area contributed by atoms with E-state index in [1.54, 1.807) is 13.8 Å². The van der Waals surface area contributed by atoms with Crippen molar-refractivity contribution in [3.63, 3.8) is 0 Å². The molecule has 2 unspecified atom stereocenters. The highest BCUT2D eigenvalue weighted by atomic mass is 16.5. The average Bonchev–Trinajstić information content (AvgIpc) is 3.19. The van der Waals surface area contributed by atoms with Crippen LogP contribution in [0.4, 0.5) is 0 Å². The number of carboxylic acids is 1. The van der Waals surface area contributed by atoms with Crippen molar-refractivity contribution in [2.24, 2.45) is 11.3 Å². The molecule has 7 heteroatoms. The first-order valence-corrected chi connectivity index (χ1v) is 11.8. The highest BCUT2D eigenvalue weighted by Crippen LogP contribution is 2.46. The molecule has 176 valence electrons. The summed E-state index contributed by atoms with van der Waals surface area (Å²) in [7, 11) is 0. The number of amides is 1. The molecule has 1 aromatic carbocycles. The molecule has 1 amide bonds. The topological polar surface area (TPSA) is 95.9 Å². The number of likely N-dealkylation sites (tertiary alicyclic amines) is 1. The molecule has 1 aliphatic heterocycles. The van der Waals surface area contributed by atoms with Crippen LogP contribution in [0.15, 0.2) is 30.3 Å². The maximum atomic E-state index is 13.2. The first-order valence-electron chi connectivity index (χ1n) is 11.8. The molecule has 2 fully saturated rings. The zero-order valence-corrected chi connectivity index (χ0v) is 19.2. The maximum Gasteiger partial charge on any atom is 0.323 e. The highest BCUT2D eigenvalue weighted by Gasteiger charge is 2.45. The van der Waals surface area contributed by atoms with E-state index in [0.29, 0.717) is 39.0 Å². The monoisotopic (exact) mass is 444 g/mol. The summed E-state index contributed by atoms with van der Waals surface area (Å²) < 4.78 is 5.24. The molecule has 0 bridgehead atoms. The van der Waals surface area contributed by atoms with E-state index in [1.165, 1.54) is 0 Å². The third-order valence-electron chi connectivity index (χ3n) is 7.00. The van der Waals surface area contributed by atoms with Crippen molar-refractivity contribution in [1.29, 1.82) is 0 Å². The number of carbonyl (C=O) groups is 3. The Balaban J connectivity index is 1.59. The van der Waals surface area contributed by atoms with Gasteiger partial charge in [-0.05, 0) is 63.4 Å². The van der Waals surface area contributed by atoms with Crippen LogP contribution >= 0.6 is 0 Å². The second-order valence-electron chi connectivity index (χ2n) is 9.36. The number of aliphatic carboxylic acids is 1.